The van der Waals surface area contributed by atoms with E-state index in [1.54, 1.807) is 0 Å². The van der Waals surface area contributed by atoms with Crippen LogP contribution in [0.1, 0.15) is 39.2 Å². The first-order valence-corrected chi connectivity index (χ1v) is 11.1. The van der Waals surface area contributed by atoms with Gasteiger partial charge in [0, 0.05) is 32.6 Å². The molecule has 1 amide bonds. The number of benzene rings is 2. The van der Waals surface area contributed by atoms with E-state index in [-0.39, 0.29) is 24.7 Å². The number of fused-ring (bicyclic) bond motifs is 1. The summed E-state index contributed by atoms with van der Waals surface area (Å²) in [4.78, 5) is 18.1. The molecule has 2 aliphatic rings. The number of nitrogens with zero attached hydrogens (tertiary/aromatic N) is 2. The lowest BCUT2D eigenvalue weighted by molar-refractivity contribution is 0.0855. The van der Waals surface area contributed by atoms with Crippen LogP contribution in [0.2, 0.25) is 0 Å². The molecular formula is C25H25F2N3O3. The molecule has 1 unspecified atom stereocenters. The summed E-state index contributed by atoms with van der Waals surface area (Å²) >= 11 is 0. The molecule has 1 aliphatic heterocycles. The molecule has 33 heavy (non-hydrogen) atoms. The van der Waals surface area contributed by atoms with Gasteiger partial charge in [0.1, 0.15) is 5.75 Å². The Balaban J connectivity index is 1.11. The molecule has 0 spiro atoms. The summed E-state index contributed by atoms with van der Waals surface area (Å²) in [6.45, 7) is 3.09. The van der Waals surface area contributed by atoms with E-state index in [4.69, 9.17) is 9.15 Å². The number of nitrogens with one attached hydrogen (secondary N) is 1. The number of aromatic nitrogens is 1. The van der Waals surface area contributed by atoms with Gasteiger partial charge >= 0.3 is 0 Å². The molecule has 0 bridgehead atoms. The van der Waals surface area contributed by atoms with Gasteiger partial charge in [-0.25, -0.2) is 13.8 Å². The maximum atomic E-state index is 13.0. The standard InChI is InChI=1S/C25H25F2N3O3/c26-25(27)10-21(25)15-32-22-6-5-20-14-30(8-7-19(20)9-22)13-18-3-1-17(2-4-18)11-29-24(31)23-12-28-16-33-23/h1-6,9,12,16,21H,7-8,10-11,13-15H2,(H,29,31). The highest BCUT2D eigenvalue weighted by Gasteiger charge is 2.57. The van der Waals surface area contributed by atoms with E-state index in [2.05, 4.69) is 27.3 Å². The van der Waals surface area contributed by atoms with Crippen LogP contribution >= 0.6 is 0 Å². The zero-order chi connectivity index (χ0) is 22.8. The largest absolute Gasteiger partial charge is 0.493 e. The number of halogens is 2. The highest BCUT2D eigenvalue weighted by molar-refractivity contribution is 5.90. The van der Waals surface area contributed by atoms with Crippen LogP contribution in [-0.4, -0.2) is 34.9 Å². The topological polar surface area (TPSA) is 67.6 Å². The molecule has 1 aromatic heterocycles. The predicted octanol–water partition coefficient (Wildman–Crippen LogP) is 4.20. The molecule has 1 N–H and O–H groups in total. The van der Waals surface area contributed by atoms with Crippen molar-refractivity contribution in [2.45, 2.75) is 38.4 Å². The molecule has 1 aliphatic carbocycles. The van der Waals surface area contributed by atoms with Crippen molar-refractivity contribution in [1.82, 2.24) is 15.2 Å². The van der Waals surface area contributed by atoms with Crippen molar-refractivity contribution in [3.05, 3.63) is 83.1 Å². The van der Waals surface area contributed by atoms with Crippen LogP contribution in [0.5, 0.6) is 5.75 Å². The molecule has 3 aromatic rings. The normalized spacial score (nSPS) is 19.0. The summed E-state index contributed by atoms with van der Waals surface area (Å²) in [7, 11) is 0. The molecule has 2 heterocycles. The molecule has 8 heteroatoms. The fourth-order valence-corrected chi connectivity index (χ4v) is 4.08. The molecule has 172 valence electrons. The van der Waals surface area contributed by atoms with E-state index in [0.29, 0.717) is 12.3 Å². The lowest BCUT2D eigenvalue weighted by Gasteiger charge is -2.29. The number of ether oxygens (including phenoxy) is 1. The van der Waals surface area contributed by atoms with Crippen molar-refractivity contribution in [1.29, 1.82) is 0 Å². The van der Waals surface area contributed by atoms with Gasteiger partial charge in [-0.15, -0.1) is 0 Å². The first-order valence-electron chi connectivity index (χ1n) is 11.1. The van der Waals surface area contributed by atoms with E-state index in [9.17, 15) is 13.6 Å². The van der Waals surface area contributed by atoms with Crippen molar-refractivity contribution >= 4 is 5.91 Å². The summed E-state index contributed by atoms with van der Waals surface area (Å²) in [5.41, 5.74) is 4.68. The number of amides is 1. The van der Waals surface area contributed by atoms with Crippen LogP contribution in [0.3, 0.4) is 0 Å². The number of alkyl halides is 2. The summed E-state index contributed by atoms with van der Waals surface area (Å²) < 4.78 is 36.6. The Morgan fingerprint density at radius 3 is 2.70 bits per heavy atom. The lowest BCUT2D eigenvalue weighted by atomic mass is 9.99. The Labute approximate surface area is 190 Å². The zero-order valence-electron chi connectivity index (χ0n) is 18.1. The number of hydrogen-bond donors (Lipinski definition) is 1. The van der Waals surface area contributed by atoms with Crippen LogP contribution in [0, 0.1) is 5.92 Å². The number of rotatable bonds is 8. The molecule has 0 radical (unpaired) electrons. The molecule has 1 atom stereocenters. The van der Waals surface area contributed by atoms with Gasteiger partial charge in [-0.1, -0.05) is 30.3 Å². The monoisotopic (exact) mass is 453 g/mol. The van der Waals surface area contributed by atoms with Crippen LogP contribution in [-0.2, 0) is 26.1 Å². The average Bonchev–Trinajstić information content (AvgIpc) is 3.17. The lowest BCUT2D eigenvalue weighted by Crippen LogP contribution is -2.30. The Morgan fingerprint density at radius 2 is 1.97 bits per heavy atom. The van der Waals surface area contributed by atoms with Crippen LogP contribution in [0.25, 0.3) is 0 Å². The van der Waals surface area contributed by atoms with E-state index in [1.165, 1.54) is 29.3 Å². The summed E-state index contributed by atoms with van der Waals surface area (Å²) in [6.07, 6.45) is 3.45. The minimum Gasteiger partial charge on any atom is -0.493 e. The van der Waals surface area contributed by atoms with Gasteiger partial charge in [-0.05, 0) is 40.8 Å². The smallest absolute Gasteiger partial charge is 0.288 e. The van der Waals surface area contributed by atoms with E-state index >= 15 is 0 Å². The van der Waals surface area contributed by atoms with Crippen LogP contribution < -0.4 is 10.1 Å². The second kappa shape index (κ2) is 8.94. The second-order valence-corrected chi connectivity index (χ2v) is 8.73. The van der Waals surface area contributed by atoms with Crippen molar-refractivity contribution in [2.24, 2.45) is 5.92 Å². The maximum absolute atomic E-state index is 13.0. The van der Waals surface area contributed by atoms with Crippen LogP contribution in [0.15, 0.2) is 59.5 Å². The fraction of sp³-hybridized carbons (Fsp3) is 0.360. The molecule has 2 aromatic carbocycles. The Hall–Kier alpha value is -3.26. The van der Waals surface area contributed by atoms with E-state index < -0.39 is 11.8 Å². The second-order valence-electron chi connectivity index (χ2n) is 8.73. The van der Waals surface area contributed by atoms with Gasteiger partial charge in [-0.3, -0.25) is 9.69 Å². The molecule has 6 nitrogen and oxygen atoms in total. The van der Waals surface area contributed by atoms with Gasteiger partial charge in [0.05, 0.1) is 18.7 Å². The van der Waals surface area contributed by atoms with Crippen molar-refractivity contribution in [3.8, 4) is 5.75 Å². The number of hydrogen-bond acceptors (Lipinski definition) is 5. The molecule has 5 rings (SSSR count). The van der Waals surface area contributed by atoms with Gasteiger partial charge in [-0.2, -0.15) is 0 Å². The van der Waals surface area contributed by atoms with E-state index in [1.807, 2.05) is 30.3 Å². The predicted molar refractivity (Wildman–Crippen MR) is 117 cm³/mol. The quantitative estimate of drug-likeness (QED) is 0.554. The zero-order valence-corrected chi connectivity index (χ0v) is 18.1. The first kappa shape index (κ1) is 21.6. The summed E-state index contributed by atoms with van der Waals surface area (Å²) in [6, 6.07) is 14.1. The van der Waals surface area contributed by atoms with E-state index in [0.717, 1.165) is 31.6 Å². The minimum atomic E-state index is -2.54. The third-order valence-electron chi connectivity index (χ3n) is 6.21. The van der Waals surface area contributed by atoms with Crippen molar-refractivity contribution in [2.75, 3.05) is 13.2 Å². The third-order valence-corrected chi connectivity index (χ3v) is 6.21. The van der Waals surface area contributed by atoms with Crippen molar-refractivity contribution < 1.29 is 22.7 Å². The minimum absolute atomic E-state index is 0.0643. The highest BCUT2D eigenvalue weighted by atomic mass is 19.3. The fourth-order valence-electron chi connectivity index (χ4n) is 4.08. The average molecular weight is 453 g/mol. The maximum Gasteiger partial charge on any atom is 0.288 e. The molecular weight excluding hydrogens is 428 g/mol. The number of oxazole rings is 1. The van der Waals surface area contributed by atoms with Gasteiger partial charge in [0.15, 0.2) is 6.39 Å². The summed E-state index contributed by atoms with van der Waals surface area (Å²) in [5, 5.41) is 2.81. The summed E-state index contributed by atoms with van der Waals surface area (Å²) in [5.74, 6) is -2.60. The number of carbonyl (C=O) groups excluding carboxylic acids is 1. The molecule has 1 fully saturated rings. The Bertz CT molecular complexity index is 1120. The van der Waals surface area contributed by atoms with Crippen LogP contribution in [0.4, 0.5) is 8.78 Å². The Morgan fingerprint density at radius 1 is 1.18 bits per heavy atom. The highest BCUT2D eigenvalue weighted by Crippen LogP contribution is 2.48. The van der Waals surface area contributed by atoms with Gasteiger partial charge in [0.25, 0.3) is 11.8 Å². The third kappa shape index (κ3) is 5.22. The number of carbonyl (C=O) groups is 1. The van der Waals surface area contributed by atoms with Gasteiger partial charge < -0.3 is 14.5 Å². The first-order chi connectivity index (χ1) is 16.0. The Kier molecular flexibility index (Phi) is 5.85. The van der Waals surface area contributed by atoms with Gasteiger partial charge in [0.2, 0.25) is 5.76 Å². The SMILES string of the molecule is O=C(NCc1ccc(CN2CCc3cc(OCC4CC4(F)F)ccc3C2)cc1)c1cnco1. The van der Waals surface area contributed by atoms with Crippen molar-refractivity contribution in [3.63, 3.8) is 0 Å². The molecule has 1 saturated carbocycles. The molecule has 0 saturated heterocycles.